The number of nitrogens with one attached hydrogen (secondary N) is 1. The molecular weight excluding hydrogens is 266 g/mol. The van der Waals surface area contributed by atoms with E-state index >= 15 is 0 Å². The molecule has 0 radical (unpaired) electrons. The number of rotatable bonds is 3. The Morgan fingerprint density at radius 2 is 1.81 bits per heavy atom. The van der Waals surface area contributed by atoms with Crippen molar-refractivity contribution in [3.63, 3.8) is 0 Å². The minimum atomic E-state index is -1.04. The van der Waals surface area contributed by atoms with Crippen molar-refractivity contribution in [2.45, 2.75) is 38.3 Å². The molecule has 5 nitrogen and oxygen atoms in total. The highest BCUT2D eigenvalue weighted by Gasteiger charge is 2.32. The van der Waals surface area contributed by atoms with Crippen molar-refractivity contribution in [3.8, 4) is 0 Å². The molecule has 2 amide bonds. The Morgan fingerprint density at radius 1 is 1.24 bits per heavy atom. The second kappa shape index (κ2) is 6.26. The van der Waals surface area contributed by atoms with Gasteiger partial charge in [0.25, 0.3) is 0 Å². The number of nitrogens with zero attached hydrogens (tertiary/aromatic N) is 1. The minimum absolute atomic E-state index is 0.0830. The molecular formula is C16H23N3O2. The largest absolute Gasteiger partial charge is 0.351 e. The molecule has 1 unspecified atom stereocenters. The van der Waals surface area contributed by atoms with Gasteiger partial charge in [-0.25, -0.2) is 0 Å². The van der Waals surface area contributed by atoms with Gasteiger partial charge in [-0.2, -0.15) is 0 Å². The lowest BCUT2D eigenvalue weighted by molar-refractivity contribution is -0.130. The van der Waals surface area contributed by atoms with E-state index in [2.05, 4.69) is 5.32 Å². The molecule has 1 aromatic rings. The zero-order valence-corrected chi connectivity index (χ0v) is 12.6. The minimum Gasteiger partial charge on any atom is -0.351 e. The number of likely N-dealkylation sites (tertiary alicyclic amines) is 1. The van der Waals surface area contributed by atoms with Crippen LogP contribution in [-0.2, 0) is 15.1 Å². The van der Waals surface area contributed by atoms with Crippen LogP contribution in [0.3, 0.4) is 0 Å². The van der Waals surface area contributed by atoms with Crippen molar-refractivity contribution in [2.75, 3.05) is 13.1 Å². The Kier molecular flexibility index (Phi) is 4.63. The third kappa shape index (κ3) is 3.61. The Bertz CT molecular complexity index is 506. The second-order valence-electron chi connectivity index (χ2n) is 5.82. The molecule has 1 aliphatic heterocycles. The zero-order chi connectivity index (χ0) is 15.5. The molecule has 5 heteroatoms. The number of carbonyl (C=O) groups is 2. The van der Waals surface area contributed by atoms with E-state index in [4.69, 9.17) is 5.73 Å². The molecule has 21 heavy (non-hydrogen) atoms. The standard InChI is InChI=1S/C16H23N3O2/c1-12(20)19-10-8-14(9-11-19)18-15(21)16(2,17)13-6-4-3-5-7-13/h3-7,14H,8-11,17H2,1-2H3,(H,18,21). The molecule has 3 N–H and O–H groups in total. The quantitative estimate of drug-likeness (QED) is 0.871. The van der Waals surface area contributed by atoms with Gasteiger partial charge in [0, 0.05) is 26.1 Å². The summed E-state index contributed by atoms with van der Waals surface area (Å²) < 4.78 is 0. The molecule has 1 fully saturated rings. The highest BCUT2D eigenvalue weighted by atomic mass is 16.2. The smallest absolute Gasteiger partial charge is 0.244 e. The number of hydrogen-bond acceptors (Lipinski definition) is 3. The predicted molar refractivity (Wildman–Crippen MR) is 81.4 cm³/mol. The highest BCUT2D eigenvalue weighted by molar-refractivity contribution is 5.87. The molecule has 0 spiro atoms. The van der Waals surface area contributed by atoms with E-state index in [9.17, 15) is 9.59 Å². The number of carbonyl (C=O) groups excluding carboxylic acids is 2. The Morgan fingerprint density at radius 3 is 2.33 bits per heavy atom. The summed E-state index contributed by atoms with van der Waals surface area (Å²) in [6.07, 6.45) is 1.55. The maximum Gasteiger partial charge on any atom is 0.244 e. The lowest BCUT2D eigenvalue weighted by Gasteiger charge is -2.34. The first-order valence-electron chi connectivity index (χ1n) is 7.32. The first-order valence-corrected chi connectivity index (χ1v) is 7.32. The van der Waals surface area contributed by atoms with Crippen LogP contribution in [0.5, 0.6) is 0 Å². The van der Waals surface area contributed by atoms with E-state index in [1.165, 1.54) is 0 Å². The number of piperidine rings is 1. The average Bonchev–Trinajstić information content (AvgIpc) is 2.48. The van der Waals surface area contributed by atoms with Gasteiger partial charge in [-0.05, 0) is 25.3 Å². The van der Waals surface area contributed by atoms with Gasteiger partial charge in [-0.1, -0.05) is 30.3 Å². The number of benzene rings is 1. The molecule has 1 aromatic carbocycles. The molecule has 1 aliphatic rings. The van der Waals surface area contributed by atoms with Crippen LogP contribution in [-0.4, -0.2) is 35.8 Å². The summed E-state index contributed by atoms with van der Waals surface area (Å²) in [6, 6.07) is 9.45. The molecule has 1 heterocycles. The molecule has 0 aromatic heterocycles. The monoisotopic (exact) mass is 289 g/mol. The summed E-state index contributed by atoms with van der Waals surface area (Å²) in [5, 5.41) is 3.02. The normalized spacial score (nSPS) is 18.9. The molecule has 2 rings (SSSR count). The predicted octanol–water partition coefficient (Wildman–Crippen LogP) is 0.988. The van der Waals surface area contributed by atoms with Crippen molar-refractivity contribution in [3.05, 3.63) is 35.9 Å². The van der Waals surface area contributed by atoms with E-state index in [-0.39, 0.29) is 17.9 Å². The van der Waals surface area contributed by atoms with Crippen molar-refractivity contribution >= 4 is 11.8 Å². The van der Waals surface area contributed by atoms with E-state index in [0.29, 0.717) is 13.1 Å². The van der Waals surface area contributed by atoms with Gasteiger partial charge < -0.3 is 16.0 Å². The SMILES string of the molecule is CC(=O)N1CCC(NC(=O)C(C)(N)c2ccccc2)CC1. The lowest BCUT2D eigenvalue weighted by atomic mass is 9.91. The van der Waals surface area contributed by atoms with Gasteiger partial charge in [0.15, 0.2) is 0 Å². The Labute approximate surface area is 125 Å². The van der Waals surface area contributed by atoms with Crippen LogP contribution in [0, 0.1) is 0 Å². The van der Waals surface area contributed by atoms with Gasteiger partial charge >= 0.3 is 0 Å². The van der Waals surface area contributed by atoms with Gasteiger partial charge in [0.2, 0.25) is 11.8 Å². The van der Waals surface area contributed by atoms with E-state index in [0.717, 1.165) is 18.4 Å². The maximum atomic E-state index is 12.4. The highest BCUT2D eigenvalue weighted by Crippen LogP contribution is 2.19. The third-order valence-electron chi connectivity index (χ3n) is 4.12. The fraction of sp³-hybridized carbons (Fsp3) is 0.500. The van der Waals surface area contributed by atoms with E-state index in [1.807, 2.05) is 35.2 Å². The van der Waals surface area contributed by atoms with Crippen molar-refractivity contribution in [1.29, 1.82) is 0 Å². The van der Waals surface area contributed by atoms with Gasteiger partial charge in [0.05, 0.1) is 0 Å². The Balaban J connectivity index is 1.95. The second-order valence-corrected chi connectivity index (χ2v) is 5.82. The van der Waals surface area contributed by atoms with Gasteiger partial charge in [-0.3, -0.25) is 9.59 Å². The van der Waals surface area contributed by atoms with Crippen LogP contribution >= 0.6 is 0 Å². The van der Waals surface area contributed by atoms with Crippen LogP contribution in [0.2, 0.25) is 0 Å². The third-order valence-corrected chi connectivity index (χ3v) is 4.12. The number of amides is 2. The molecule has 1 saturated heterocycles. The first-order chi connectivity index (χ1) is 9.91. The van der Waals surface area contributed by atoms with Crippen LogP contribution in [0.1, 0.15) is 32.3 Å². The topological polar surface area (TPSA) is 75.4 Å². The van der Waals surface area contributed by atoms with Crippen LogP contribution in [0.25, 0.3) is 0 Å². The van der Waals surface area contributed by atoms with Gasteiger partial charge in [0.1, 0.15) is 5.54 Å². The molecule has 1 atom stereocenters. The summed E-state index contributed by atoms with van der Waals surface area (Å²) in [5.74, 6) is -0.0808. The summed E-state index contributed by atoms with van der Waals surface area (Å²) >= 11 is 0. The van der Waals surface area contributed by atoms with Crippen LogP contribution in [0.15, 0.2) is 30.3 Å². The average molecular weight is 289 g/mol. The van der Waals surface area contributed by atoms with Crippen LogP contribution in [0.4, 0.5) is 0 Å². The van der Waals surface area contributed by atoms with Gasteiger partial charge in [-0.15, -0.1) is 0 Å². The molecule has 114 valence electrons. The van der Waals surface area contributed by atoms with E-state index < -0.39 is 5.54 Å². The Hall–Kier alpha value is -1.88. The molecule has 0 saturated carbocycles. The fourth-order valence-corrected chi connectivity index (χ4v) is 2.59. The maximum absolute atomic E-state index is 12.4. The molecule has 0 aliphatic carbocycles. The summed E-state index contributed by atoms with van der Waals surface area (Å²) in [7, 11) is 0. The molecule has 0 bridgehead atoms. The van der Waals surface area contributed by atoms with Crippen molar-refractivity contribution < 1.29 is 9.59 Å². The first kappa shape index (κ1) is 15.5. The van der Waals surface area contributed by atoms with E-state index in [1.54, 1.807) is 13.8 Å². The lowest BCUT2D eigenvalue weighted by Crippen LogP contribution is -2.54. The van der Waals surface area contributed by atoms with Crippen molar-refractivity contribution in [1.82, 2.24) is 10.2 Å². The summed E-state index contributed by atoms with van der Waals surface area (Å²) in [4.78, 5) is 25.5. The number of nitrogens with two attached hydrogens (primary N) is 1. The fourth-order valence-electron chi connectivity index (χ4n) is 2.59. The van der Waals surface area contributed by atoms with Crippen molar-refractivity contribution in [2.24, 2.45) is 5.73 Å². The van der Waals surface area contributed by atoms with Crippen LogP contribution < -0.4 is 11.1 Å². The zero-order valence-electron chi connectivity index (χ0n) is 12.6. The number of hydrogen-bond donors (Lipinski definition) is 2. The summed E-state index contributed by atoms with van der Waals surface area (Å²) in [5.41, 5.74) is 5.95. The summed E-state index contributed by atoms with van der Waals surface area (Å²) in [6.45, 7) is 4.67.